The zero-order valence-electron chi connectivity index (χ0n) is 19.5. The highest BCUT2D eigenvalue weighted by atomic mass is 16.3. The quantitative estimate of drug-likeness (QED) is 0.372. The van der Waals surface area contributed by atoms with Crippen LogP contribution in [-0.2, 0) is 19.9 Å². The summed E-state index contributed by atoms with van der Waals surface area (Å²) in [7, 11) is 2.02. The number of pyridine rings is 1. The van der Waals surface area contributed by atoms with E-state index < -0.39 is 0 Å². The molecule has 2 aromatic carbocycles. The lowest BCUT2D eigenvalue weighted by Crippen LogP contribution is -2.05. The molecule has 0 aliphatic rings. The van der Waals surface area contributed by atoms with Gasteiger partial charge in [0.15, 0.2) is 5.82 Å². The van der Waals surface area contributed by atoms with Crippen LogP contribution in [0, 0.1) is 0 Å². The van der Waals surface area contributed by atoms with Crippen LogP contribution in [0.15, 0.2) is 67.1 Å². The predicted molar refractivity (Wildman–Crippen MR) is 132 cm³/mol. The van der Waals surface area contributed by atoms with E-state index in [0.717, 1.165) is 40.0 Å². The first-order valence-electron chi connectivity index (χ1n) is 11.4. The molecule has 0 aliphatic carbocycles. The average molecular weight is 454 g/mol. The maximum absolute atomic E-state index is 10.8. The second-order valence-electron chi connectivity index (χ2n) is 8.89. The molecule has 172 valence electrons. The van der Waals surface area contributed by atoms with Gasteiger partial charge in [-0.25, -0.2) is 0 Å². The fourth-order valence-electron chi connectivity index (χ4n) is 4.37. The van der Waals surface area contributed by atoms with Gasteiger partial charge in [-0.1, -0.05) is 19.9 Å². The highest BCUT2D eigenvalue weighted by molar-refractivity contribution is 5.83. The number of aromatic nitrogens is 5. The third kappa shape index (κ3) is 3.90. The first kappa shape index (κ1) is 21.7. The lowest BCUT2D eigenvalue weighted by Gasteiger charge is -2.15. The Bertz CT molecular complexity index is 1470. The van der Waals surface area contributed by atoms with Gasteiger partial charge in [0.25, 0.3) is 0 Å². The smallest absolute Gasteiger partial charge is 0.172 e. The van der Waals surface area contributed by atoms with Crippen molar-refractivity contribution in [2.45, 2.75) is 32.6 Å². The molecular weight excluding hydrogens is 426 g/mol. The van der Waals surface area contributed by atoms with Crippen LogP contribution < -0.4 is 0 Å². The van der Waals surface area contributed by atoms with Gasteiger partial charge < -0.3 is 14.8 Å². The molecule has 0 aliphatic heterocycles. The number of benzene rings is 2. The van der Waals surface area contributed by atoms with Crippen molar-refractivity contribution in [2.75, 3.05) is 0 Å². The summed E-state index contributed by atoms with van der Waals surface area (Å²) < 4.78 is 4.08. The number of aromatic hydroxyl groups is 2. The van der Waals surface area contributed by atoms with Gasteiger partial charge in [-0.3, -0.25) is 9.55 Å². The van der Waals surface area contributed by atoms with Gasteiger partial charge in [-0.05, 0) is 59.9 Å². The van der Waals surface area contributed by atoms with Gasteiger partial charge in [-0.15, -0.1) is 10.2 Å². The molecule has 5 rings (SSSR count). The van der Waals surface area contributed by atoms with E-state index in [1.54, 1.807) is 6.20 Å². The maximum atomic E-state index is 10.8. The van der Waals surface area contributed by atoms with E-state index in [1.807, 2.05) is 62.1 Å². The van der Waals surface area contributed by atoms with Crippen molar-refractivity contribution in [3.63, 3.8) is 0 Å². The lowest BCUT2D eigenvalue weighted by atomic mass is 9.98. The predicted octanol–water partition coefficient (Wildman–Crippen LogP) is 5.14. The second kappa shape index (κ2) is 8.67. The van der Waals surface area contributed by atoms with E-state index in [2.05, 4.69) is 37.9 Å². The van der Waals surface area contributed by atoms with E-state index in [0.29, 0.717) is 17.8 Å². The van der Waals surface area contributed by atoms with Crippen molar-refractivity contribution >= 4 is 10.9 Å². The van der Waals surface area contributed by atoms with Crippen LogP contribution in [0.25, 0.3) is 28.0 Å². The molecule has 0 unspecified atom stereocenters. The van der Waals surface area contributed by atoms with Crippen molar-refractivity contribution in [3.05, 3.63) is 84.1 Å². The fourth-order valence-corrected chi connectivity index (χ4v) is 4.37. The minimum atomic E-state index is -0.0323. The van der Waals surface area contributed by atoms with Crippen molar-refractivity contribution in [1.82, 2.24) is 24.3 Å². The highest BCUT2D eigenvalue weighted by Gasteiger charge is 2.21. The van der Waals surface area contributed by atoms with Gasteiger partial charge in [0.1, 0.15) is 17.3 Å². The van der Waals surface area contributed by atoms with Crippen molar-refractivity contribution in [1.29, 1.82) is 0 Å². The first-order chi connectivity index (χ1) is 16.4. The molecule has 0 saturated carbocycles. The minimum Gasteiger partial charge on any atom is -0.508 e. The summed E-state index contributed by atoms with van der Waals surface area (Å²) in [6, 6.07) is 15.5. The molecule has 5 aromatic rings. The summed E-state index contributed by atoms with van der Waals surface area (Å²) in [5.74, 6) is 1.45. The Labute approximate surface area is 198 Å². The molecule has 0 radical (unpaired) electrons. The summed E-state index contributed by atoms with van der Waals surface area (Å²) in [5, 5.41) is 31.2. The van der Waals surface area contributed by atoms with Crippen molar-refractivity contribution in [2.24, 2.45) is 7.05 Å². The molecular formula is C27H27N5O2. The standard InChI is InChI=1S/C27H27N5O2/c1-17(2)21-14-22(25(34)15-24(21)33)27-30-29-26(9-6-18-5-4-11-28-16-18)32(27)20-7-8-23-19(13-20)10-12-31(23)3/h4-5,7-8,10-17,33-34H,6,9H2,1-3H3. The molecule has 0 bridgehead atoms. The Morgan fingerprint density at radius 1 is 0.941 bits per heavy atom. The monoisotopic (exact) mass is 453 g/mol. The summed E-state index contributed by atoms with van der Waals surface area (Å²) in [4.78, 5) is 4.21. The first-order valence-corrected chi connectivity index (χ1v) is 11.4. The van der Waals surface area contributed by atoms with Crippen molar-refractivity contribution in [3.8, 4) is 28.6 Å². The van der Waals surface area contributed by atoms with E-state index in [4.69, 9.17) is 0 Å². The number of fused-ring (bicyclic) bond motifs is 1. The number of hydrogen-bond donors (Lipinski definition) is 2. The number of rotatable bonds is 6. The molecule has 0 atom stereocenters. The summed E-state index contributed by atoms with van der Waals surface area (Å²) in [6.45, 7) is 4.01. The molecule has 0 saturated heterocycles. The summed E-state index contributed by atoms with van der Waals surface area (Å²) in [5.41, 5.74) is 4.45. The van der Waals surface area contributed by atoms with E-state index in [9.17, 15) is 10.2 Å². The zero-order chi connectivity index (χ0) is 23.8. The van der Waals surface area contributed by atoms with Crippen LogP contribution in [0.1, 0.15) is 36.7 Å². The largest absolute Gasteiger partial charge is 0.508 e. The molecule has 34 heavy (non-hydrogen) atoms. The Hall–Kier alpha value is -4.13. The summed E-state index contributed by atoms with van der Waals surface area (Å²) >= 11 is 0. The molecule has 0 fully saturated rings. The van der Waals surface area contributed by atoms with E-state index in [-0.39, 0.29) is 17.4 Å². The topological polar surface area (TPSA) is 89.0 Å². The summed E-state index contributed by atoms with van der Waals surface area (Å²) in [6.07, 6.45) is 7.07. The Kier molecular flexibility index (Phi) is 5.53. The van der Waals surface area contributed by atoms with Gasteiger partial charge in [0.05, 0.1) is 5.56 Å². The number of phenols is 2. The molecule has 3 aromatic heterocycles. The molecule has 7 nitrogen and oxygen atoms in total. The SMILES string of the molecule is CC(C)c1cc(-c2nnc(CCc3cccnc3)n2-c2ccc3c(ccn3C)c2)c(O)cc1O. The Morgan fingerprint density at radius 3 is 2.56 bits per heavy atom. The highest BCUT2D eigenvalue weighted by Crippen LogP contribution is 2.38. The maximum Gasteiger partial charge on any atom is 0.172 e. The number of aryl methyl sites for hydroxylation is 3. The van der Waals surface area contributed by atoms with Gasteiger partial charge in [0.2, 0.25) is 0 Å². The molecule has 2 N–H and O–H groups in total. The molecule has 3 heterocycles. The molecule has 0 amide bonds. The number of hydrogen-bond acceptors (Lipinski definition) is 5. The van der Waals surface area contributed by atoms with Crippen molar-refractivity contribution < 1.29 is 10.2 Å². The number of nitrogens with zero attached hydrogens (tertiary/aromatic N) is 5. The van der Waals surface area contributed by atoms with Gasteiger partial charge in [0, 0.05) is 54.7 Å². The van der Waals surface area contributed by atoms with Crippen LogP contribution in [-0.4, -0.2) is 34.5 Å². The normalized spacial score (nSPS) is 11.5. The minimum absolute atomic E-state index is 0.0323. The fraction of sp³-hybridized carbons (Fsp3) is 0.222. The Balaban J connectivity index is 1.66. The third-order valence-electron chi connectivity index (χ3n) is 6.23. The van der Waals surface area contributed by atoms with Crippen LogP contribution in [0.4, 0.5) is 0 Å². The van der Waals surface area contributed by atoms with Crippen LogP contribution >= 0.6 is 0 Å². The number of phenolic OH excluding ortho intramolecular Hbond substituents is 2. The average Bonchev–Trinajstić information content (AvgIpc) is 3.41. The third-order valence-corrected chi connectivity index (χ3v) is 6.23. The Morgan fingerprint density at radius 2 is 1.79 bits per heavy atom. The zero-order valence-corrected chi connectivity index (χ0v) is 19.5. The van der Waals surface area contributed by atoms with Crippen LogP contribution in [0.3, 0.4) is 0 Å². The van der Waals surface area contributed by atoms with Gasteiger partial charge in [-0.2, -0.15) is 0 Å². The van der Waals surface area contributed by atoms with E-state index in [1.165, 1.54) is 6.07 Å². The molecule has 0 spiro atoms. The van der Waals surface area contributed by atoms with Gasteiger partial charge >= 0.3 is 0 Å². The van der Waals surface area contributed by atoms with Crippen LogP contribution in [0.5, 0.6) is 11.5 Å². The lowest BCUT2D eigenvalue weighted by molar-refractivity contribution is 0.444. The molecule has 7 heteroatoms. The van der Waals surface area contributed by atoms with Crippen LogP contribution in [0.2, 0.25) is 0 Å². The second-order valence-corrected chi connectivity index (χ2v) is 8.89. The van der Waals surface area contributed by atoms with E-state index >= 15 is 0 Å².